The molecule has 78 valence electrons. The lowest BCUT2D eigenvalue weighted by Crippen LogP contribution is -2.43. The van der Waals surface area contributed by atoms with Crippen LogP contribution in [0.2, 0.25) is 0 Å². The van der Waals surface area contributed by atoms with Crippen molar-refractivity contribution < 1.29 is 5.11 Å². The van der Waals surface area contributed by atoms with Crippen molar-refractivity contribution >= 4 is 29.9 Å². The molecule has 4 nitrogen and oxygen atoms in total. The summed E-state index contributed by atoms with van der Waals surface area (Å²) in [5, 5.41) is 15.4. The Kier molecular flexibility index (Phi) is 7.35. The average molecular weight is 299 g/mol. The maximum absolute atomic E-state index is 9.24. The first kappa shape index (κ1) is 13.0. The normalized spacial score (nSPS) is 17.8. The summed E-state index contributed by atoms with van der Waals surface area (Å²) in [6.45, 7) is 4.41. The minimum atomic E-state index is -0.267. The molecule has 13 heavy (non-hydrogen) atoms. The van der Waals surface area contributed by atoms with Crippen LogP contribution in [0.25, 0.3) is 0 Å². The van der Waals surface area contributed by atoms with Crippen LogP contribution in [-0.4, -0.2) is 36.8 Å². The lowest BCUT2D eigenvalue weighted by molar-refractivity contribution is 0.173. The van der Waals surface area contributed by atoms with Crippen LogP contribution in [0.15, 0.2) is 4.99 Å². The van der Waals surface area contributed by atoms with Crippen LogP contribution in [0.4, 0.5) is 0 Å². The molecular weight excluding hydrogens is 281 g/mol. The van der Waals surface area contributed by atoms with E-state index >= 15 is 0 Å². The van der Waals surface area contributed by atoms with Gasteiger partial charge in [0.25, 0.3) is 0 Å². The summed E-state index contributed by atoms with van der Waals surface area (Å²) in [7, 11) is 0. The molecule has 1 rings (SSSR count). The molecule has 0 aromatic carbocycles. The third kappa shape index (κ3) is 5.30. The van der Waals surface area contributed by atoms with Gasteiger partial charge in [0.15, 0.2) is 5.96 Å². The summed E-state index contributed by atoms with van der Waals surface area (Å²) in [6, 6.07) is 0. The molecule has 0 saturated carbocycles. The van der Waals surface area contributed by atoms with Gasteiger partial charge >= 0.3 is 0 Å². The highest BCUT2D eigenvalue weighted by Gasteiger charge is 2.05. The standard InChI is InChI=1S/C8H17N3O.HI/c1-2-7(12)6-11-8-9-4-3-5-10-8;/h7,12H,2-6H2,1H3,(H2,9,10,11);1H/t7-;/m0./s1. The zero-order chi connectivity index (χ0) is 8.81. The van der Waals surface area contributed by atoms with Crippen molar-refractivity contribution in [3.63, 3.8) is 0 Å². The van der Waals surface area contributed by atoms with E-state index in [2.05, 4.69) is 15.6 Å². The Labute approximate surface area is 96.2 Å². The van der Waals surface area contributed by atoms with Gasteiger partial charge < -0.3 is 15.7 Å². The highest BCUT2D eigenvalue weighted by Crippen LogP contribution is 1.89. The minimum Gasteiger partial charge on any atom is -0.391 e. The number of hydrogen-bond acceptors (Lipinski definition) is 4. The van der Waals surface area contributed by atoms with Crippen molar-refractivity contribution in [2.45, 2.75) is 25.9 Å². The number of aliphatic hydroxyl groups is 1. The zero-order valence-electron chi connectivity index (χ0n) is 7.92. The highest BCUT2D eigenvalue weighted by atomic mass is 127. The maximum atomic E-state index is 9.24. The second-order valence-electron chi connectivity index (χ2n) is 2.95. The van der Waals surface area contributed by atoms with Crippen molar-refractivity contribution in [1.29, 1.82) is 0 Å². The van der Waals surface area contributed by atoms with Gasteiger partial charge in [-0.3, -0.25) is 4.99 Å². The Morgan fingerprint density at radius 1 is 1.69 bits per heavy atom. The van der Waals surface area contributed by atoms with Crippen LogP contribution in [-0.2, 0) is 0 Å². The number of nitrogens with zero attached hydrogens (tertiary/aromatic N) is 1. The van der Waals surface area contributed by atoms with Crippen molar-refractivity contribution in [2.24, 2.45) is 4.99 Å². The predicted molar refractivity (Wildman–Crippen MR) is 64.6 cm³/mol. The van der Waals surface area contributed by atoms with Crippen molar-refractivity contribution in [1.82, 2.24) is 10.6 Å². The Balaban J connectivity index is 0.00000144. The summed E-state index contributed by atoms with van der Waals surface area (Å²) < 4.78 is 0. The fourth-order valence-corrected chi connectivity index (χ4v) is 1.01. The lowest BCUT2D eigenvalue weighted by Gasteiger charge is -2.17. The number of halogens is 1. The van der Waals surface area contributed by atoms with E-state index in [1.54, 1.807) is 0 Å². The molecule has 0 aromatic rings. The molecule has 5 heteroatoms. The van der Waals surface area contributed by atoms with Crippen LogP contribution >= 0.6 is 24.0 Å². The molecule has 1 atom stereocenters. The molecule has 1 heterocycles. The SMILES string of the molecule is CC[C@H](O)CNC1=NCCCN1.I. The number of nitrogens with one attached hydrogen (secondary N) is 2. The molecule has 1 aliphatic heterocycles. The van der Waals surface area contributed by atoms with Crippen molar-refractivity contribution in [2.75, 3.05) is 19.6 Å². The molecule has 0 radical (unpaired) electrons. The van der Waals surface area contributed by atoms with E-state index in [1.807, 2.05) is 6.92 Å². The summed E-state index contributed by atoms with van der Waals surface area (Å²) in [5.41, 5.74) is 0. The molecule has 0 saturated heterocycles. The van der Waals surface area contributed by atoms with Gasteiger partial charge in [-0.05, 0) is 12.8 Å². The summed E-state index contributed by atoms with van der Waals surface area (Å²) in [6.07, 6.45) is 1.61. The molecule has 1 aliphatic rings. The molecule has 0 unspecified atom stereocenters. The molecule has 0 fully saturated rings. The van der Waals surface area contributed by atoms with Gasteiger partial charge in [-0.15, -0.1) is 24.0 Å². The molecule has 0 amide bonds. The van der Waals surface area contributed by atoms with E-state index in [0.717, 1.165) is 31.9 Å². The Bertz CT molecular complexity index is 163. The molecular formula is C8H18IN3O. The molecule has 3 N–H and O–H groups in total. The lowest BCUT2D eigenvalue weighted by atomic mass is 10.3. The van der Waals surface area contributed by atoms with Gasteiger partial charge in [0.2, 0.25) is 0 Å². The van der Waals surface area contributed by atoms with Gasteiger partial charge in [0.05, 0.1) is 6.10 Å². The third-order valence-corrected chi connectivity index (χ3v) is 1.87. The summed E-state index contributed by atoms with van der Waals surface area (Å²) in [5.74, 6) is 0.828. The van der Waals surface area contributed by atoms with Gasteiger partial charge in [-0.2, -0.15) is 0 Å². The summed E-state index contributed by atoms with van der Waals surface area (Å²) >= 11 is 0. The van der Waals surface area contributed by atoms with E-state index in [9.17, 15) is 5.11 Å². The van der Waals surface area contributed by atoms with E-state index in [1.165, 1.54) is 0 Å². The van der Waals surface area contributed by atoms with E-state index in [0.29, 0.717) is 6.54 Å². The Hall–Kier alpha value is -0.0400. The molecule has 0 spiro atoms. The first-order valence-corrected chi connectivity index (χ1v) is 4.53. The van der Waals surface area contributed by atoms with Crippen molar-refractivity contribution in [3.8, 4) is 0 Å². The number of aliphatic imine (C=N–C) groups is 1. The molecule has 0 aromatic heterocycles. The minimum absolute atomic E-state index is 0. The average Bonchev–Trinajstić information content (AvgIpc) is 2.16. The predicted octanol–water partition coefficient (Wildman–Crippen LogP) is 0.314. The third-order valence-electron chi connectivity index (χ3n) is 1.87. The van der Waals surface area contributed by atoms with Crippen LogP contribution < -0.4 is 10.6 Å². The Morgan fingerprint density at radius 3 is 3.00 bits per heavy atom. The number of guanidine groups is 1. The van der Waals surface area contributed by atoms with Crippen LogP contribution in [0.3, 0.4) is 0 Å². The summed E-state index contributed by atoms with van der Waals surface area (Å²) in [4.78, 5) is 4.22. The van der Waals surface area contributed by atoms with E-state index < -0.39 is 0 Å². The fourth-order valence-electron chi connectivity index (χ4n) is 1.01. The smallest absolute Gasteiger partial charge is 0.191 e. The second-order valence-corrected chi connectivity index (χ2v) is 2.95. The highest BCUT2D eigenvalue weighted by molar-refractivity contribution is 14.0. The number of aliphatic hydroxyl groups excluding tert-OH is 1. The molecule has 0 bridgehead atoms. The van der Waals surface area contributed by atoms with Crippen LogP contribution in [0, 0.1) is 0 Å². The van der Waals surface area contributed by atoms with Gasteiger partial charge in [-0.25, -0.2) is 0 Å². The second kappa shape index (κ2) is 7.37. The molecule has 0 aliphatic carbocycles. The zero-order valence-corrected chi connectivity index (χ0v) is 10.2. The Morgan fingerprint density at radius 2 is 2.46 bits per heavy atom. The number of hydrogen-bond donors (Lipinski definition) is 3. The van der Waals surface area contributed by atoms with E-state index in [4.69, 9.17) is 0 Å². The van der Waals surface area contributed by atoms with Gasteiger partial charge in [0, 0.05) is 19.6 Å². The van der Waals surface area contributed by atoms with Crippen molar-refractivity contribution in [3.05, 3.63) is 0 Å². The number of rotatable bonds is 3. The topological polar surface area (TPSA) is 56.6 Å². The first-order valence-electron chi connectivity index (χ1n) is 4.53. The fraction of sp³-hybridized carbons (Fsp3) is 0.875. The maximum Gasteiger partial charge on any atom is 0.191 e. The quantitative estimate of drug-likeness (QED) is 0.658. The van der Waals surface area contributed by atoms with E-state index in [-0.39, 0.29) is 30.1 Å². The van der Waals surface area contributed by atoms with Crippen LogP contribution in [0.5, 0.6) is 0 Å². The van der Waals surface area contributed by atoms with Gasteiger partial charge in [-0.1, -0.05) is 6.92 Å². The monoisotopic (exact) mass is 299 g/mol. The van der Waals surface area contributed by atoms with Crippen LogP contribution in [0.1, 0.15) is 19.8 Å². The largest absolute Gasteiger partial charge is 0.391 e. The van der Waals surface area contributed by atoms with Gasteiger partial charge in [0.1, 0.15) is 0 Å². The first-order chi connectivity index (χ1) is 5.83.